The second-order valence-corrected chi connectivity index (χ2v) is 10.2. The highest BCUT2D eigenvalue weighted by atomic mass is 16.5. The summed E-state index contributed by atoms with van der Waals surface area (Å²) in [4.78, 5) is 36.0. The van der Waals surface area contributed by atoms with E-state index in [1.807, 2.05) is 43.5 Å². The van der Waals surface area contributed by atoms with Crippen LogP contribution in [0.1, 0.15) is 55.2 Å². The molecule has 0 spiro atoms. The van der Waals surface area contributed by atoms with Crippen molar-refractivity contribution in [3.63, 3.8) is 0 Å². The summed E-state index contributed by atoms with van der Waals surface area (Å²) in [5, 5.41) is 6.53. The number of carbonyl (C=O) groups is 2. The number of nitrogens with two attached hydrogens (primary N) is 1. The molecule has 0 saturated carbocycles. The lowest BCUT2D eigenvalue weighted by Gasteiger charge is -2.17. The molecule has 1 atom stereocenters. The second-order valence-electron chi connectivity index (χ2n) is 10.2. The van der Waals surface area contributed by atoms with Gasteiger partial charge in [-0.15, -0.1) is 0 Å². The van der Waals surface area contributed by atoms with E-state index in [1.165, 1.54) is 5.39 Å². The Bertz CT molecular complexity index is 1650. The van der Waals surface area contributed by atoms with Gasteiger partial charge in [0.2, 0.25) is 11.8 Å². The normalized spacial score (nSPS) is 12.1. The smallest absolute Gasteiger partial charge is 0.225 e. The number of carbonyl (C=O) groups excluding carboxylic acids is 2. The monoisotopic (exact) mass is 537 g/mol. The highest BCUT2D eigenvalue weighted by Crippen LogP contribution is 2.28. The van der Waals surface area contributed by atoms with Gasteiger partial charge in [-0.1, -0.05) is 49.2 Å². The molecule has 8 heteroatoms. The van der Waals surface area contributed by atoms with Crippen molar-refractivity contribution >= 4 is 33.5 Å². The average molecular weight is 538 g/mol. The minimum Gasteiger partial charge on any atom is -0.497 e. The summed E-state index contributed by atoms with van der Waals surface area (Å²) in [6.07, 6.45) is 5.51. The van der Waals surface area contributed by atoms with E-state index in [0.717, 1.165) is 63.8 Å². The number of fused-ring (bicyclic) bond motifs is 2. The van der Waals surface area contributed by atoms with Crippen LogP contribution in [0.4, 0.5) is 0 Å². The number of nitrogens with one attached hydrogen (secondary N) is 3. The minimum absolute atomic E-state index is 0.0855. The first-order valence-corrected chi connectivity index (χ1v) is 13.7. The van der Waals surface area contributed by atoms with Crippen LogP contribution in [-0.4, -0.2) is 33.9 Å². The largest absolute Gasteiger partial charge is 0.497 e. The number of unbranched alkanes of at least 4 members (excludes halogenated alkanes) is 2. The van der Waals surface area contributed by atoms with Gasteiger partial charge >= 0.3 is 0 Å². The number of rotatable bonds is 12. The lowest BCUT2D eigenvalue weighted by molar-refractivity contribution is -0.121. The summed E-state index contributed by atoms with van der Waals surface area (Å²) < 4.78 is 5.40. The van der Waals surface area contributed by atoms with Crippen LogP contribution in [0, 0.1) is 6.92 Å². The van der Waals surface area contributed by atoms with E-state index < -0.39 is 0 Å². The van der Waals surface area contributed by atoms with Crippen LogP contribution in [-0.2, 0) is 16.0 Å². The number of aryl methyl sites for hydroxylation is 1. The van der Waals surface area contributed by atoms with Gasteiger partial charge in [0, 0.05) is 28.6 Å². The molecule has 5 N–H and O–H groups in total. The number of hydrogen-bond donors (Lipinski definition) is 4. The molecule has 2 aromatic heterocycles. The number of methoxy groups -OCH3 is 1. The summed E-state index contributed by atoms with van der Waals surface area (Å²) in [5.41, 5.74) is 10.1. The molecule has 5 rings (SSSR count). The van der Waals surface area contributed by atoms with Gasteiger partial charge in [-0.25, -0.2) is 4.98 Å². The number of benzene rings is 3. The lowest BCUT2D eigenvalue weighted by atomic mass is 10.0. The van der Waals surface area contributed by atoms with Gasteiger partial charge in [-0.2, -0.15) is 0 Å². The number of ether oxygens (including phenoxy) is 1. The zero-order valence-electron chi connectivity index (χ0n) is 22.9. The van der Waals surface area contributed by atoms with E-state index >= 15 is 0 Å². The van der Waals surface area contributed by atoms with Gasteiger partial charge in [0.1, 0.15) is 11.6 Å². The molecule has 0 saturated heterocycles. The van der Waals surface area contributed by atoms with Crippen LogP contribution in [0.15, 0.2) is 66.9 Å². The summed E-state index contributed by atoms with van der Waals surface area (Å²) in [7, 11) is 1.64. The number of aromatic nitrogens is 3. The van der Waals surface area contributed by atoms with Crippen LogP contribution >= 0.6 is 0 Å². The van der Waals surface area contributed by atoms with Crippen LogP contribution in [0.25, 0.3) is 32.9 Å². The fraction of sp³-hybridized carbons (Fsp3) is 0.281. The van der Waals surface area contributed by atoms with Gasteiger partial charge in [-0.05, 0) is 60.4 Å². The number of imidazole rings is 1. The van der Waals surface area contributed by atoms with E-state index in [1.54, 1.807) is 7.11 Å². The van der Waals surface area contributed by atoms with Crippen LogP contribution in [0.3, 0.4) is 0 Å². The maximum Gasteiger partial charge on any atom is 0.225 e. The molecule has 0 aliphatic rings. The second kappa shape index (κ2) is 12.1. The molecule has 5 aromatic rings. The number of amides is 2. The van der Waals surface area contributed by atoms with Crippen molar-refractivity contribution in [2.75, 3.05) is 7.11 Å². The summed E-state index contributed by atoms with van der Waals surface area (Å²) in [5.74, 6) is 1.08. The Hall–Kier alpha value is -4.59. The Morgan fingerprint density at radius 2 is 1.82 bits per heavy atom. The van der Waals surface area contributed by atoms with Crippen molar-refractivity contribution in [3.05, 3.63) is 83.9 Å². The van der Waals surface area contributed by atoms with Gasteiger partial charge in [-0.3, -0.25) is 9.59 Å². The Morgan fingerprint density at radius 1 is 1.00 bits per heavy atom. The fourth-order valence-corrected chi connectivity index (χ4v) is 5.24. The maximum atomic E-state index is 13.4. The zero-order valence-corrected chi connectivity index (χ0v) is 22.9. The highest BCUT2D eigenvalue weighted by Gasteiger charge is 2.20. The van der Waals surface area contributed by atoms with E-state index in [-0.39, 0.29) is 24.3 Å². The molecule has 0 radical (unpaired) electrons. The predicted molar refractivity (Wildman–Crippen MR) is 158 cm³/mol. The first kappa shape index (κ1) is 27.0. The number of primary amides is 1. The van der Waals surface area contributed by atoms with Gasteiger partial charge < -0.3 is 25.8 Å². The van der Waals surface area contributed by atoms with Crippen LogP contribution in [0.5, 0.6) is 5.75 Å². The number of aromatic amines is 2. The Morgan fingerprint density at radius 3 is 2.62 bits per heavy atom. The van der Waals surface area contributed by atoms with Crippen molar-refractivity contribution in [2.45, 2.75) is 51.5 Å². The van der Waals surface area contributed by atoms with Crippen LogP contribution in [0.2, 0.25) is 0 Å². The molecule has 0 bridgehead atoms. The Labute approximate surface area is 233 Å². The molecule has 0 aliphatic carbocycles. The summed E-state index contributed by atoms with van der Waals surface area (Å²) in [6.45, 7) is 1.98. The first-order chi connectivity index (χ1) is 19.4. The topological polar surface area (TPSA) is 126 Å². The van der Waals surface area contributed by atoms with Crippen molar-refractivity contribution in [1.29, 1.82) is 0 Å². The predicted octanol–water partition coefficient (Wildman–Crippen LogP) is 5.86. The molecular weight excluding hydrogens is 502 g/mol. The minimum atomic E-state index is -0.296. The molecule has 2 amide bonds. The lowest BCUT2D eigenvalue weighted by Crippen LogP contribution is -2.30. The fourth-order valence-electron chi connectivity index (χ4n) is 5.24. The molecule has 0 fully saturated rings. The van der Waals surface area contributed by atoms with E-state index in [9.17, 15) is 9.59 Å². The highest BCUT2D eigenvalue weighted by molar-refractivity contribution is 5.91. The molecule has 3 aromatic carbocycles. The number of nitrogens with zero attached hydrogens (tertiary/aromatic N) is 1. The molecule has 1 unspecified atom stereocenters. The molecule has 40 heavy (non-hydrogen) atoms. The van der Waals surface area contributed by atoms with Gasteiger partial charge in [0.15, 0.2) is 0 Å². The molecule has 8 nitrogen and oxygen atoms in total. The average Bonchev–Trinajstić information content (AvgIpc) is 3.56. The van der Waals surface area contributed by atoms with Crippen LogP contribution < -0.4 is 15.8 Å². The van der Waals surface area contributed by atoms with Crippen molar-refractivity contribution in [3.8, 4) is 17.0 Å². The number of hydrogen-bond acceptors (Lipinski definition) is 4. The van der Waals surface area contributed by atoms with E-state index in [2.05, 4.69) is 50.6 Å². The Kier molecular flexibility index (Phi) is 8.15. The third-order valence-electron chi connectivity index (χ3n) is 7.40. The molecule has 206 valence electrons. The molecule has 0 aliphatic heterocycles. The van der Waals surface area contributed by atoms with Crippen molar-refractivity contribution < 1.29 is 14.3 Å². The van der Waals surface area contributed by atoms with Gasteiger partial charge in [0.05, 0.1) is 31.5 Å². The standard InChI is InChI=1S/C32H35N5O3/c1-20-25(26-17-24(40-2)14-15-27(26)35-20)18-31(39)36-28(10-4-3-5-11-30(33)38)32-34-19-29(37-32)23-13-12-21-8-6-7-9-22(21)16-23/h6-9,12-17,19,28,35H,3-5,10-11,18H2,1-2H3,(H2,33,38)(H,34,37)(H,36,39). The Balaban J connectivity index is 1.35. The summed E-state index contributed by atoms with van der Waals surface area (Å²) in [6, 6.07) is 20.1. The SMILES string of the molecule is COc1ccc2[nH]c(C)c(CC(=O)NC(CCCCCC(N)=O)c3ncc(-c4ccc5ccccc5c4)[nH]3)c2c1. The van der Waals surface area contributed by atoms with E-state index in [4.69, 9.17) is 10.5 Å². The third kappa shape index (κ3) is 6.17. The first-order valence-electron chi connectivity index (χ1n) is 13.7. The molecule has 2 heterocycles. The zero-order chi connectivity index (χ0) is 28.1. The maximum absolute atomic E-state index is 13.4. The third-order valence-corrected chi connectivity index (χ3v) is 7.40. The number of H-pyrrole nitrogens is 2. The van der Waals surface area contributed by atoms with Crippen molar-refractivity contribution in [2.24, 2.45) is 5.73 Å². The van der Waals surface area contributed by atoms with Crippen molar-refractivity contribution in [1.82, 2.24) is 20.3 Å². The van der Waals surface area contributed by atoms with Gasteiger partial charge in [0.25, 0.3) is 0 Å². The van der Waals surface area contributed by atoms with E-state index in [0.29, 0.717) is 18.7 Å². The summed E-state index contributed by atoms with van der Waals surface area (Å²) >= 11 is 0. The molecular formula is C32H35N5O3. The quantitative estimate of drug-likeness (QED) is 0.149.